The van der Waals surface area contributed by atoms with Crippen molar-refractivity contribution in [3.63, 3.8) is 0 Å². The molecule has 9 heteroatoms. The largest absolute Gasteiger partial charge is 0.491 e. The molecule has 0 saturated carbocycles. The van der Waals surface area contributed by atoms with Crippen LogP contribution in [0.2, 0.25) is 0 Å². The van der Waals surface area contributed by atoms with Gasteiger partial charge in [0.1, 0.15) is 18.5 Å². The Labute approximate surface area is 155 Å². The highest BCUT2D eigenvalue weighted by molar-refractivity contribution is 5.73. The van der Waals surface area contributed by atoms with E-state index in [0.29, 0.717) is 5.75 Å². The molecule has 27 heavy (non-hydrogen) atoms. The maximum Gasteiger partial charge on any atom is 0.332 e. The molecule has 3 rings (SSSR count). The lowest BCUT2D eigenvalue weighted by atomic mass is 10.1. The third-order valence-corrected chi connectivity index (χ3v) is 4.69. The highest BCUT2D eigenvalue weighted by Gasteiger charge is 2.19. The Morgan fingerprint density at radius 1 is 1.19 bits per heavy atom. The fraction of sp³-hybridized carbons (Fsp3) is 0.389. The SMILES string of the molecule is Cc1ccc(OC[C@@H](O)Cn2c(N)nc3c2c(=O)n(C)c(=O)n3C)cc1C. The number of rotatable bonds is 5. The van der Waals surface area contributed by atoms with Gasteiger partial charge in [-0.05, 0) is 37.1 Å². The molecule has 0 spiro atoms. The van der Waals surface area contributed by atoms with Gasteiger partial charge >= 0.3 is 5.69 Å². The number of hydrogen-bond donors (Lipinski definition) is 2. The summed E-state index contributed by atoms with van der Waals surface area (Å²) in [5.74, 6) is 0.701. The topological polar surface area (TPSA) is 117 Å². The number of nitrogens with two attached hydrogens (primary N) is 1. The van der Waals surface area contributed by atoms with Crippen LogP contribution in [0.15, 0.2) is 27.8 Å². The number of nitrogen functional groups attached to an aromatic ring is 1. The number of aryl methyl sites for hydroxylation is 3. The average Bonchev–Trinajstić information content (AvgIpc) is 2.95. The van der Waals surface area contributed by atoms with Crippen molar-refractivity contribution in [1.29, 1.82) is 0 Å². The normalized spacial score (nSPS) is 12.5. The first-order valence-electron chi connectivity index (χ1n) is 8.50. The summed E-state index contributed by atoms with van der Waals surface area (Å²) < 4.78 is 9.28. The van der Waals surface area contributed by atoms with Crippen LogP contribution in [-0.2, 0) is 20.6 Å². The summed E-state index contributed by atoms with van der Waals surface area (Å²) in [5, 5.41) is 10.4. The summed E-state index contributed by atoms with van der Waals surface area (Å²) in [5.41, 5.74) is 7.52. The molecular formula is C18H23N5O4. The van der Waals surface area contributed by atoms with Crippen LogP contribution in [0.3, 0.4) is 0 Å². The maximum absolute atomic E-state index is 12.5. The van der Waals surface area contributed by atoms with E-state index < -0.39 is 17.4 Å². The predicted octanol–water partition coefficient (Wildman–Crippen LogP) is 0.0726. The Bertz CT molecular complexity index is 1130. The molecule has 0 amide bonds. The van der Waals surface area contributed by atoms with Crippen LogP contribution in [0.1, 0.15) is 11.1 Å². The molecule has 2 heterocycles. The van der Waals surface area contributed by atoms with Gasteiger partial charge < -0.3 is 20.1 Å². The van der Waals surface area contributed by atoms with Crippen LogP contribution in [0, 0.1) is 13.8 Å². The van der Waals surface area contributed by atoms with Crippen LogP contribution < -0.4 is 21.7 Å². The molecule has 0 aliphatic carbocycles. The molecule has 0 aliphatic heterocycles. The summed E-state index contributed by atoms with van der Waals surface area (Å²) in [6, 6.07) is 5.68. The minimum absolute atomic E-state index is 0.0145. The molecule has 2 aromatic heterocycles. The van der Waals surface area contributed by atoms with Crippen molar-refractivity contribution in [3.05, 3.63) is 50.2 Å². The average molecular weight is 373 g/mol. The zero-order valence-electron chi connectivity index (χ0n) is 15.8. The Balaban J connectivity index is 1.86. The monoisotopic (exact) mass is 373 g/mol. The van der Waals surface area contributed by atoms with Crippen molar-refractivity contribution in [2.75, 3.05) is 12.3 Å². The second-order valence-electron chi connectivity index (χ2n) is 6.67. The highest BCUT2D eigenvalue weighted by atomic mass is 16.5. The van der Waals surface area contributed by atoms with Gasteiger partial charge in [0.15, 0.2) is 11.2 Å². The molecule has 1 atom stereocenters. The Morgan fingerprint density at radius 3 is 2.56 bits per heavy atom. The van der Waals surface area contributed by atoms with Gasteiger partial charge in [0.2, 0.25) is 5.95 Å². The van der Waals surface area contributed by atoms with E-state index in [1.54, 1.807) is 0 Å². The molecule has 144 valence electrons. The molecule has 0 saturated heterocycles. The van der Waals surface area contributed by atoms with Crippen molar-refractivity contribution < 1.29 is 9.84 Å². The number of fused-ring (bicyclic) bond motifs is 1. The summed E-state index contributed by atoms with van der Waals surface area (Å²) >= 11 is 0. The number of ether oxygens (including phenoxy) is 1. The van der Waals surface area contributed by atoms with Gasteiger partial charge in [-0.25, -0.2) is 4.79 Å². The first-order chi connectivity index (χ1) is 12.7. The van der Waals surface area contributed by atoms with Gasteiger partial charge in [-0.3, -0.25) is 13.9 Å². The first kappa shape index (κ1) is 18.7. The number of aliphatic hydroxyl groups is 1. The second-order valence-corrected chi connectivity index (χ2v) is 6.67. The number of imidazole rings is 1. The zero-order chi connectivity index (χ0) is 19.9. The smallest absolute Gasteiger partial charge is 0.332 e. The van der Waals surface area contributed by atoms with Crippen LogP contribution in [0.25, 0.3) is 11.2 Å². The second kappa shape index (κ2) is 6.92. The molecule has 9 nitrogen and oxygen atoms in total. The lowest BCUT2D eigenvalue weighted by Crippen LogP contribution is -2.38. The molecule has 0 radical (unpaired) electrons. The van der Waals surface area contributed by atoms with E-state index >= 15 is 0 Å². The van der Waals surface area contributed by atoms with E-state index in [0.717, 1.165) is 15.7 Å². The first-order valence-corrected chi connectivity index (χ1v) is 8.50. The van der Waals surface area contributed by atoms with Crippen molar-refractivity contribution >= 4 is 17.1 Å². The summed E-state index contributed by atoms with van der Waals surface area (Å²) in [6.45, 7) is 4.03. The molecule has 0 aliphatic rings. The van der Waals surface area contributed by atoms with Crippen LogP contribution in [-0.4, -0.2) is 36.5 Å². The quantitative estimate of drug-likeness (QED) is 0.654. The molecule has 3 aromatic rings. The van der Waals surface area contributed by atoms with Crippen molar-refractivity contribution in [1.82, 2.24) is 18.7 Å². The van der Waals surface area contributed by atoms with E-state index in [1.807, 2.05) is 32.0 Å². The van der Waals surface area contributed by atoms with Crippen LogP contribution >= 0.6 is 0 Å². The molecular weight excluding hydrogens is 350 g/mol. The number of aliphatic hydroxyl groups excluding tert-OH is 1. The van der Waals surface area contributed by atoms with Gasteiger partial charge in [0.25, 0.3) is 5.56 Å². The standard InChI is InChI=1S/C18H23N5O4/c1-10-5-6-13(7-11(10)2)27-9-12(24)8-23-14-15(20-17(23)19)21(3)18(26)22(4)16(14)25/h5-7,12,24H,8-9H2,1-4H3,(H2,19,20)/t12-/m0/s1. The minimum Gasteiger partial charge on any atom is -0.491 e. The number of benzene rings is 1. The molecule has 3 N–H and O–H groups in total. The van der Waals surface area contributed by atoms with E-state index in [1.165, 1.54) is 23.2 Å². The number of aromatic nitrogens is 4. The molecule has 0 fully saturated rings. The third kappa shape index (κ3) is 3.33. The molecule has 0 bridgehead atoms. The maximum atomic E-state index is 12.5. The van der Waals surface area contributed by atoms with Crippen molar-refractivity contribution in [2.24, 2.45) is 14.1 Å². The number of hydrogen-bond acceptors (Lipinski definition) is 6. The summed E-state index contributed by atoms with van der Waals surface area (Å²) in [4.78, 5) is 28.6. The van der Waals surface area contributed by atoms with Crippen molar-refractivity contribution in [2.45, 2.75) is 26.5 Å². The van der Waals surface area contributed by atoms with Crippen molar-refractivity contribution in [3.8, 4) is 5.75 Å². The lowest BCUT2D eigenvalue weighted by Gasteiger charge is -2.15. The Morgan fingerprint density at radius 2 is 1.89 bits per heavy atom. The molecule has 0 unspecified atom stereocenters. The fourth-order valence-electron chi connectivity index (χ4n) is 2.91. The number of anilines is 1. The van der Waals surface area contributed by atoms with Gasteiger partial charge in [0.05, 0.1) is 6.54 Å². The van der Waals surface area contributed by atoms with Crippen LogP contribution in [0.4, 0.5) is 5.95 Å². The van der Waals surface area contributed by atoms with E-state index in [2.05, 4.69) is 4.98 Å². The van der Waals surface area contributed by atoms with E-state index in [9.17, 15) is 14.7 Å². The highest BCUT2D eigenvalue weighted by Crippen LogP contribution is 2.17. The predicted molar refractivity (Wildman–Crippen MR) is 102 cm³/mol. The Hall–Kier alpha value is -3.07. The van der Waals surface area contributed by atoms with E-state index in [-0.39, 0.29) is 30.3 Å². The van der Waals surface area contributed by atoms with Gasteiger partial charge in [-0.2, -0.15) is 4.98 Å². The lowest BCUT2D eigenvalue weighted by molar-refractivity contribution is 0.0938. The van der Waals surface area contributed by atoms with E-state index in [4.69, 9.17) is 10.5 Å². The van der Waals surface area contributed by atoms with Crippen LogP contribution in [0.5, 0.6) is 5.75 Å². The summed E-state index contributed by atoms with van der Waals surface area (Å²) in [7, 11) is 2.90. The van der Waals surface area contributed by atoms with Gasteiger partial charge in [0, 0.05) is 14.1 Å². The number of nitrogens with zero attached hydrogens (tertiary/aromatic N) is 4. The minimum atomic E-state index is -0.923. The fourth-order valence-corrected chi connectivity index (χ4v) is 2.91. The molecule has 1 aromatic carbocycles. The third-order valence-electron chi connectivity index (χ3n) is 4.69. The zero-order valence-corrected chi connectivity index (χ0v) is 15.8. The Kier molecular flexibility index (Phi) is 4.79. The van der Waals surface area contributed by atoms with Gasteiger partial charge in [-0.1, -0.05) is 6.07 Å². The summed E-state index contributed by atoms with van der Waals surface area (Å²) in [6.07, 6.45) is -0.923. The van der Waals surface area contributed by atoms with Gasteiger partial charge in [-0.15, -0.1) is 0 Å².